The lowest BCUT2D eigenvalue weighted by molar-refractivity contribution is -0.122. The van der Waals surface area contributed by atoms with E-state index < -0.39 is 0 Å². The lowest BCUT2D eigenvalue weighted by atomic mass is 9.73. The van der Waals surface area contributed by atoms with Crippen LogP contribution in [0, 0.1) is 0 Å². The van der Waals surface area contributed by atoms with Gasteiger partial charge in [-0.25, -0.2) is 0 Å². The van der Waals surface area contributed by atoms with Crippen LogP contribution in [0.4, 0.5) is 0 Å². The second-order valence-corrected chi connectivity index (χ2v) is 8.49. The van der Waals surface area contributed by atoms with Crippen molar-refractivity contribution in [2.24, 2.45) is 0 Å². The van der Waals surface area contributed by atoms with E-state index in [9.17, 15) is 9.59 Å². The topological polar surface area (TPSA) is 64.6 Å². The highest BCUT2D eigenvalue weighted by molar-refractivity contribution is 7.98. The zero-order valence-corrected chi connectivity index (χ0v) is 18.2. The number of ketones is 1. The SMILES string of the molecule is COc1ccc(OC)c([C@@H]2CC(=O)C3=C(C2)NC(=O)C[C@H]3c2ccc(SC)cc2)c1. The van der Waals surface area contributed by atoms with Gasteiger partial charge in [-0.3, -0.25) is 9.59 Å². The van der Waals surface area contributed by atoms with E-state index in [0.29, 0.717) is 19.3 Å². The largest absolute Gasteiger partial charge is 0.497 e. The Kier molecular flexibility index (Phi) is 5.86. The van der Waals surface area contributed by atoms with Crippen molar-refractivity contribution in [2.75, 3.05) is 20.5 Å². The minimum Gasteiger partial charge on any atom is -0.497 e. The zero-order valence-electron chi connectivity index (χ0n) is 17.4. The summed E-state index contributed by atoms with van der Waals surface area (Å²) in [5.41, 5.74) is 3.44. The van der Waals surface area contributed by atoms with Crippen LogP contribution in [0.25, 0.3) is 0 Å². The minimum absolute atomic E-state index is 0.0428. The molecule has 1 amide bonds. The van der Waals surface area contributed by atoms with Crippen molar-refractivity contribution in [1.29, 1.82) is 0 Å². The van der Waals surface area contributed by atoms with Gasteiger partial charge >= 0.3 is 0 Å². The van der Waals surface area contributed by atoms with Crippen LogP contribution in [0.5, 0.6) is 11.5 Å². The van der Waals surface area contributed by atoms with E-state index in [-0.39, 0.29) is 23.5 Å². The third kappa shape index (κ3) is 3.84. The number of nitrogens with one attached hydrogen (secondary N) is 1. The molecule has 2 aliphatic rings. The molecule has 5 nitrogen and oxygen atoms in total. The van der Waals surface area contributed by atoms with E-state index in [1.165, 1.54) is 0 Å². The molecule has 0 spiro atoms. The predicted molar refractivity (Wildman–Crippen MR) is 117 cm³/mol. The van der Waals surface area contributed by atoms with Crippen LogP contribution in [-0.2, 0) is 9.59 Å². The van der Waals surface area contributed by atoms with Crippen LogP contribution in [0.3, 0.4) is 0 Å². The van der Waals surface area contributed by atoms with Gasteiger partial charge in [0.2, 0.25) is 5.91 Å². The standard InChI is InChI=1S/C24H25NO4S/c1-28-16-6-9-22(29-2)18(12-16)15-10-20-24(21(26)11-15)19(13-23(27)25-20)14-4-7-17(30-3)8-5-14/h4-9,12,15,19H,10-11,13H2,1-3H3,(H,25,27)/t15-,19-/m0/s1. The van der Waals surface area contributed by atoms with Gasteiger partial charge in [-0.2, -0.15) is 0 Å². The average Bonchev–Trinajstić information content (AvgIpc) is 2.77. The molecular weight excluding hydrogens is 398 g/mol. The molecular formula is C24H25NO4S. The number of allylic oxidation sites excluding steroid dienone is 2. The number of ether oxygens (including phenoxy) is 2. The van der Waals surface area contributed by atoms with E-state index in [1.54, 1.807) is 26.0 Å². The second kappa shape index (κ2) is 8.56. The molecule has 1 aliphatic carbocycles. The van der Waals surface area contributed by atoms with Crippen LogP contribution in [0.1, 0.15) is 42.2 Å². The van der Waals surface area contributed by atoms with Crippen LogP contribution in [0.2, 0.25) is 0 Å². The van der Waals surface area contributed by atoms with Gasteiger partial charge in [0.1, 0.15) is 11.5 Å². The summed E-state index contributed by atoms with van der Waals surface area (Å²) in [6.45, 7) is 0. The normalized spacial score (nSPS) is 21.2. The minimum atomic E-state index is -0.190. The molecule has 0 bridgehead atoms. The highest BCUT2D eigenvalue weighted by atomic mass is 32.2. The number of carbonyl (C=O) groups excluding carboxylic acids is 2. The highest BCUT2D eigenvalue weighted by Crippen LogP contribution is 2.45. The molecule has 156 valence electrons. The molecule has 6 heteroatoms. The molecule has 2 aromatic carbocycles. The maximum absolute atomic E-state index is 13.3. The van der Waals surface area contributed by atoms with Gasteiger partial charge in [0, 0.05) is 46.4 Å². The molecule has 0 fully saturated rings. The molecule has 4 rings (SSSR count). The molecule has 0 saturated carbocycles. The second-order valence-electron chi connectivity index (χ2n) is 7.61. The Labute approximate surface area is 180 Å². The number of methoxy groups -OCH3 is 2. The van der Waals surface area contributed by atoms with Gasteiger partial charge in [0.25, 0.3) is 0 Å². The lowest BCUT2D eigenvalue weighted by Crippen LogP contribution is -2.38. The molecule has 1 aliphatic heterocycles. The lowest BCUT2D eigenvalue weighted by Gasteiger charge is -2.35. The first-order chi connectivity index (χ1) is 14.5. The number of rotatable bonds is 5. The summed E-state index contributed by atoms with van der Waals surface area (Å²) in [6, 6.07) is 13.8. The summed E-state index contributed by atoms with van der Waals surface area (Å²) in [4.78, 5) is 26.9. The third-order valence-corrected chi connectivity index (χ3v) is 6.67. The van der Waals surface area contributed by atoms with E-state index in [2.05, 4.69) is 5.32 Å². The summed E-state index contributed by atoms with van der Waals surface area (Å²) in [5, 5.41) is 2.98. The molecule has 2 atom stereocenters. The number of hydrogen-bond acceptors (Lipinski definition) is 5. The van der Waals surface area contributed by atoms with E-state index in [0.717, 1.165) is 38.8 Å². The van der Waals surface area contributed by atoms with E-state index in [4.69, 9.17) is 9.47 Å². The highest BCUT2D eigenvalue weighted by Gasteiger charge is 2.38. The Balaban J connectivity index is 1.71. The van der Waals surface area contributed by atoms with Crippen LogP contribution in [0.15, 0.2) is 58.6 Å². The molecule has 1 N–H and O–H groups in total. The Morgan fingerprint density at radius 1 is 0.967 bits per heavy atom. The predicted octanol–water partition coefficient (Wildman–Crippen LogP) is 4.43. The summed E-state index contributed by atoms with van der Waals surface area (Å²) in [6.07, 6.45) is 3.31. The number of hydrogen-bond donors (Lipinski definition) is 1. The van der Waals surface area contributed by atoms with Crippen molar-refractivity contribution in [2.45, 2.75) is 36.0 Å². The fourth-order valence-corrected chi connectivity index (χ4v) is 4.87. The van der Waals surface area contributed by atoms with E-state index in [1.807, 2.05) is 48.7 Å². The maximum Gasteiger partial charge on any atom is 0.225 e. The van der Waals surface area contributed by atoms with Gasteiger partial charge in [-0.15, -0.1) is 11.8 Å². The number of amides is 1. The molecule has 30 heavy (non-hydrogen) atoms. The smallest absolute Gasteiger partial charge is 0.225 e. The van der Waals surface area contributed by atoms with Crippen LogP contribution in [-0.4, -0.2) is 32.2 Å². The van der Waals surface area contributed by atoms with Crippen molar-refractivity contribution >= 4 is 23.5 Å². The monoisotopic (exact) mass is 423 g/mol. The Morgan fingerprint density at radius 2 is 1.73 bits per heavy atom. The van der Waals surface area contributed by atoms with Crippen molar-refractivity contribution < 1.29 is 19.1 Å². The Hall–Kier alpha value is -2.73. The van der Waals surface area contributed by atoms with Gasteiger partial charge in [-0.05, 0) is 48.6 Å². The van der Waals surface area contributed by atoms with Crippen LogP contribution < -0.4 is 14.8 Å². The van der Waals surface area contributed by atoms with E-state index >= 15 is 0 Å². The van der Waals surface area contributed by atoms with Crippen molar-refractivity contribution in [1.82, 2.24) is 5.32 Å². The first-order valence-electron chi connectivity index (χ1n) is 9.96. The molecule has 1 heterocycles. The van der Waals surface area contributed by atoms with Gasteiger partial charge in [-0.1, -0.05) is 12.1 Å². The van der Waals surface area contributed by atoms with Gasteiger partial charge in [0.15, 0.2) is 5.78 Å². The first-order valence-corrected chi connectivity index (χ1v) is 11.2. The molecule has 0 unspecified atom stereocenters. The third-order valence-electron chi connectivity index (χ3n) is 5.93. The first kappa shape index (κ1) is 20.5. The number of thioether (sulfide) groups is 1. The molecule has 0 aromatic heterocycles. The number of benzene rings is 2. The van der Waals surface area contributed by atoms with Crippen molar-refractivity contribution in [3.05, 3.63) is 64.9 Å². The summed E-state index contributed by atoms with van der Waals surface area (Å²) in [5.74, 6) is 1.23. The Bertz CT molecular complexity index is 1010. The summed E-state index contributed by atoms with van der Waals surface area (Å²) >= 11 is 1.67. The quantitative estimate of drug-likeness (QED) is 0.721. The molecule has 0 saturated heterocycles. The Morgan fingerprint density at radius 3 is 2.40 bits per heavy atom. The average molecular weight is 424 g/mol. The zero-order chi connectivity index (χ0) is 21.3. The summed E-state index contributed by atoms with van der Waals surface area (Å²) in [7, 11) is 3.24. The van der Waals surface area contributed by atoms with Gasteiger partial charge < -0.3 is 14.8 Å². The fourth-order valence-electron chi connectivity index (χ4n) is 4.46. The fraction of sp³-hybridized carbons (Fsp3) is 0.333. The van der Waals surface area contributed by atoms with Crippen LogP contribution >= 0.6 is 11.8 Å². The molecule has 0 radical (unpaired) electrons. The number of Topliss-reactive ketones (excluding diaryl/α,β-unsaturated/α-hetero) is 1. The van der Waals surface area contributed by atoms with Crippen molar-refractivity contribution in [3.63, 3.8) is 0 Å². The maximum atomic E-state index is 13.3. The summed E-state index contributed by atoms with van der Waals surface area (Å²) < 4.78 is 10.9. The number of carbonyl (C=O) groups is 2. The van der Waals surface area contributed by atoms with Crippen molar-refractivity contribution in [3.8, 4) is 11.5 Å². The molecule has 2 aromatic rings. The van der Waals surface area contributed by atoms with Gasteiger partial charge in [0.05, 0.1) is 14.2 Å².